The number of nitrogens with one attached hydrogen (secondary N) is 1. The van der Waals surface area contributed by atoms with Gasteiger partial charge in [-0.1, -0.05) is 46.3 Å². The second-order valence-electron chi connectivity index (χ2n) is 6.16. The van der Waals surface area contributed by atoms with Crippen LogP contribution in [-0.2, 0) is 25.6 Å². The predicted molar refractivity (Wildman–Crippen MR) is 94.0 cm³/mol. The van der Waals surface area contributed by atoms with Crippen molar-refractivity contribution >= 4 is 28.0 Å². The van der Waals surface area contributed by atoms with Gasteiger partial charge in [-0.15, -0.1) is 0 Å². The molecule has 6 nitrogen and oxygen atoms in total. The average Bonchev–Trinajstić information content (AvgIpc) is 2.51. The van der Waals surface area contributed by atoms with Gasteiger partial charge >= 0.3 is 12.1 Å². The summed E-state index contributed by atoms with van der Waals surface area (Å²) >= 11 is 3.37. The van der Waals surface area contributed by atoms with Gasteiger partial charge in [-0.25, -0.2) is 9.59 Å². The molecular formula is C17H24BrNO5. The number of ether oxygens (including phenoxy) is 3. The Bertz CT molecular complexity index is 530. The molecule has 0 radical (unpaired) electrons. The molecule has 0 aliphatic heterocycles. The maximum Gasteiger partial charge on any atom is 0.408 e. The van der Waals surface area contributed by atoms with Crippen LogP contribution in [0.4, 0.5) is 4.79 Å². The lowest BCUT2D eigenvalue weighted by Gasteiger charge is -2.25. The van der Waals surface area contributed by atoms with E-state index in [0.29, 0.717) is 6.61 Å². The van der Waals surface area contributed by atoms with Crippen LogP contribution in [0.15, 0.2) is 30.3 Å². The van der Waals surface area contributed by atoms with Crippen LogP contribution in [0, 0.1) is 0 Å². The first-order valence-corrected chi connectivity index (χ1v) is 8.47. The van der Waals surface area contributed by atoms with Gasteiger partial charge in [0.15, 0.2) is 0 Å². The van der Waals surface area contributed by atoms with Crippen molar-refractivity contribution in [2.24, 2.45) is 0 Å². The van der Waals surface area contributed by atoms with Crippen molar-refractivity contribution in [1.82, 2.24) is 5.32 Å². The van der Waals surface area contributed by atoms with Crippen LogP contribution in [0.3, 0.4) is 0 Å². The molecule has 1 amide bonds. The van der Waals surface area contributed by atoms with E-state index in [1.165, 1.54) is 7.11 Å². The second kappa shape index (κ2) is 9.64. The van der Waals surface area contributed by atoms with Gasteiger partial charge in [0.05, 0.1) is 25.2 Å². The molecule has 0 aliphatic carbocycles. The maximum atomic E-state index is 11.9. The van der Waals surface area contributed by atoms with E-state index < -0.39 is 28.5 Å². The van der Waals surface area contributed by atoms with E-state index in [0.717, 1.165) is 5.56 Å². The molecule has 1 N–H and O–H groups in total. The molecule has 2 atom stereocenters. The molecule has 0 aromatic heterocycles. The topological polar surface area (TPSA) is 73.9 Å². The third-order valence-corrected chi connectivity index (χ3v) is 3.67. The average molecular weight is 402 g/mol. The van der Waals surface area contributed by atoms with Crippen LogP contribution in [0.1, 0.15) is 26.3 Å². The molecule has 0 unspecified atom stereocenters. The van der Waals surface area contributed by atoms with Gasteiger partial charge in [0, 0.05) is 0 Å². The van der Waals surface area contributed by atoms with E-state index in [1.54, 1.807) is 20.8 Å². The number of benzene rings is 1. The standard InChI is InChI=1S/C17H24BrNO5/c1-17(2,3)24-16(21)19-14(15(20)22-4)13(18)11-23-10-12-8-6-5-7-9-12/h5-9,13-14H,10-11H2,1-4H3,(H,19,21)/t13-,14-/m1/s1. The van der Waals surface area contributed by atoms with E-state index in [2.05, 4.69) is 21.2 Å². The summed E-state index contributed by atoms with van der Waals surface area (Å²) in [6.45, 7) is 5.85. The first-order chi connectivity index (χ1) is 11.2. The molecule has 0 bridgehead atoms. The van der Waals surface area contributed by atoms with Gasteiger partial charge in [-0.2, -0.15) is 0 Å². The Morgan fingerprint density at radius 3 is 2.38 bits per heavy atom. The molecule has 7 heteroatoms. The summed E-state index contributed by atoms with van der Waals surface area (Å²) in [6, 6.07) is 8.74. The number of alkyl carbamates (subject to hydrolysis) is 1. The maximum absolute atomic E-state index is 11.9. The number of esters is 1. The van der Waals surface area contributed by atoms with Gasteiger partial charge in [-0.3, -0.25) is 0 Å². The molecule has 0 aliphatic rings. The molecule has 134 valence electrons. The zero-order chi connectivity index (χ0) is 18.2. The number of methoxy groups -OCH3 is 1. The second-order valence-corrected chi connectivity index (χ2v) is 7.34. The predicted octanol–water partition coefficient (Wildman–Crippen LogP) is 3.03. The Morgan fingerprint density at radius 1 is 1.21 bits per heavy atom. The van der Waals surface area contributed by atoms with Crippen LogP contribution in [-0.4, -0.2) is 42.2 Å². The third-order valence-electron chi connectivity index (χ3n) is 2.88. The van der Waals surface area contributed by atoms with E-state index in [9.17, 15) is 9.59 Å². The minimum atomic E-state index is -0.916. The Kier molecular flexibility index (Phi) is 8.21. The Balaban J connectivity index is 2.56. The zero-order valence-electron chi connectivity index (χ0n) is 14.4. The fraction of sp³-hybridized carbons (Fsp3) is 0.529. The highest BCUT2D eigenvalue weighted by Gasteiger charge is 2.31. The van der Waals surface area contributed by atoms with Crippen molar-refractivity contribution in [3.05, 3.63) is 35.9 Å². The van der Waals surface area contributed by atoms with Crippen molar-refractivity contribution in [2.75, 3.05) is 13.7 Å². The van der Waals surface area contributed by atoms with Crippen molar-refractivity contribution < 1.29 is 23.8 Å². The molecule has 1 rings (SSSR count). The SMILES string of the molecule is COC(=O)[C@H](NC(=O)OC(C)(C)C)[C@H](Br)COCc1ccccc1. The Hall–Kier alpha value is -1.60. The zero-order valence-corrected chi connectivity index (χ0v) is 16.0. The Morgan fingerprint density at radius 2 is 1.83 bits per heavy atom. The highest BCUT2D eigenvalue weighted by molar-refractivity contribution is 9.09. The highest BCUT2D eigenvalue weighted by atomic mass is 79.9. The van der Waals surface area contributed by atoms with Crippen LogP contribution >= 0.6 is 15.9 Å². The molecule has 0 fully saturated rings. The van der Waals surface area contributed by atoms with Crippen LogP contribution in [0.2, 0.25) is 0 Å². The summed E-state index contributed by atoms with van der Waals surface area (Å²) < 4.78 is 15.5. The number of alkyl halides is 1. The number of halogens is 1. The van der Waals surface area contributed by atoms with Crippen molar-refractivity contribution in [1.29, 1.82) is 0 Å². The molecular weight excluding hydrogens is 378 g/mol. The van der Waals surface area contributed by atoms with E-state index in [1.807, 2.05) is 30.3 Å². The summed E-state index contributed by atoms with van der Waals surface area (Å²) in [4.78, 5) is 23.3. The lowest BCUT2D eigenvalue weighted by Crippen LogP contribution is -2.50. The molecule has 0 saturated carbocycles. The number of carbonyl (C=O) groups is 2. The lowest BCUT2D eigenvalue weighted by atomic mass is 10.2. The largest absolute Gasteiger partial charge is 0.467 e. The number of carbonyl (C=O) groups excluding carboxylic acids is 2. The van der Waals surface area contributed by atoms with Crippen LogP contribution < -0.4 is 5.32 Å². The normalized spacial score (nSPS) is 13.7. The summed E-state index contributed by atoms with van der Waals surface area (Å²) in [5, 5.41) is 2.51. The monoisotopic (exact) mass is 401 g/mol. The smallest absolute Gasteiger partial charge is 0.408 e. The number of hydrogen-bond donors (Lipinski definition) is 1. The highest BCUT2D eigenvalue weighted by Crippen LogP contribution is 2.12. The van der Waals surface area contributed by atoms with Gasteiger partial charge in [0.25, 0.3) is 0 Å². The van der Waals surface area contributed by atoms with E-state index in [4.69, 9.17) is 14.2 Å². The van der Waals surface area contributed by atoms with E-state index in [-0.39, 0.29) is 6.61 Å². The van der Waals surface area contributed by atoms with Gasteiger partial charge in [0.1, 0.15) is 11.6 Å². The summed E-state index contributed by atoms with van der Waals surface area (Å²) in [6.07, 6.45) is -0.689. The van der Waals surface area contributed by atoms with E-state index >= 15 is 0 Å². The molecule has 0 saturated heterocycles. The Labute approximate surface area is 151 Å². The third kappa shape index (κ3) is 7.79. The molecule has 1 aromatic carbocycles. The summed E-state index contributed by atoms with van der Waals surface area (Å²) in [5.41, 5.74) is 0.364. The summed E-state index contributed by atoms with van der Waals surface area (Å²) in [7, 11) is 1.26. The lowest BCUT2D eigenvalue weighted by molar-refractivity contribution is -0.143. The first kappa shape index (κ1) is 20.4. The molecule has 1 aromatic rings. The minimum absolute atomic E-state index is 0.213. The van der Waals surface area contributed by atoms with Gasteiger partial charge < -0.3 is 19.5 Å². The molecule has 24 heavy (non-hydrogen) atoms. The number of rotatable bonds is 7. The fourth-order valence-corrected chi connectivity index (χ4v) is 2.35. The first-order valence-electron chi connectivity index (χ1n) is 7.56. The fourth-order valence-electron chi connectivity index (χ4n) is 1.82. The molecule has 0 spiro atoms. The summed E-state index contributed by atoms with van der Waals surface area (Å²) in [5.74, 6) is -0.578. The quantitative estimate of drug-likeness (QED) is 0.561. The van der Waals surface area contributed by atoms with Gasteiger partial charge in [-0.05, 0) is 26.3 Å². The minimum Gasteiger partial charge on any atom is -0.467 e. The van der Waals surface area contributed by atoms with Crippen molar-refractivity contribution in [2.45, 2.75) is 43.8 Å². The number of hydrogen-bond acceptors (Lipinski definition) is 5. The van der Waals surface area contributed by atoms with Crippen molar-refractivity contribution in [3.63, 3.8) is 0 Å². The van der Waals surface area contributed by atoms with Crippen LogP contribution in [0.5, 0.6) is 0 Å². The van der Waals surface area contributed by atoms with Crippen molar-refractivity contribution in [3.8, 4) is 0 Å². The van der Waals surface area contributed by atoms with Crippen LogP contribution in [0.25, 0.3) is 0 Å². The molecule has 0 heterocycles. The number of amides is 1. The van der Waals surface area contributed by atoms with Gasteiger partial charge in [0.2, 0.25) is 0 Å².